The van der Waals surface area contributed by atoms with Gasteiger partial charge in [-0.3, -0.25) is 4.99 Å². The number of fused-ring (bicyclic) bond motifs is 7. The van der Waals surface area contributed by atoms with Crippen molar-refractivity contribution in [3.63, 3.8) is 0 Å². The summed E-state index contributed by atoms with van der Waals surface area (Å²) in [6, 6.07) is 51.3. The highest BCUT2D eigenvalue weighted by Crippen LogP contribution is 2.39. The Bertz CT molecular complexity index is 2720. The molecule has 5 heteroatoms. The summed E-state index contributed by atoms with van der Waals surface area (Å²) in [6.45, 7) is 0.460. The van der Waals surface area contributed by atoms with Gasteiger partial charge in [0.2, 0.25) is 0 Å². The number of para-hydroxylation sites is 2. The number of nitrogens with two attached hydrogens (primary N) is 1. The summed E-state index contributed by atoms with van der Waals surface area (Å²) in [6.07, 6.45) is 0. The molecule has 0 aliphatic heterocycles. The van der Waals surface area contributed by atoms with Gasteiger partial charge in [-0.25, -0.2) is 4.99 Å². The fourth-order valence-electron chi connectivity index (χ4n) is 6.67. The zero-order valence-corrected chi connectivity index (χ0v) is 25.9. The van der Waals surface area contributed by atoms with Crippen LogP contribution in [0.5, 0.6) is 0 Å². The molecule has 228 valence electrons. The van der Waals surface area contributed by atoms with E-state index in [2.05, 4.69) is 72.8 Å². The minimum atomic E-state index is 0.361. The minimum Gasteiger partial charge on any atom is -0.456 e. The second kappa shape index (κ2) is 11.4. The molecule has 0 saturated carbocycles. The Balaban J connectivity index is 1.24. The molecule has 0 radical (unpaired) electrons. The average Bonchev–Trinajstić information content (AvgIpc) is 3.71. The third kappa shape index (κ3) is 4.81. The van der Waals surface area contributed by atoms with Gasteiger partial charge in [-0.05, 0) is 69.9 Å². The quantitative estimate of drug-likeness (QED) is 0.154. The molecule has 0 spiro atoms. The van der Waals surface area contributed by atoms with E-state index in [0.717, 1.165) is 71.7 Å². The van der Waals surface area contributed by atoms with Crippen LogP contribution in [0.15, 0.2) is 170 Å². The lowest BCUT2D eigenvalue weighted by Crippen LogP contribution is -2.18. The number of rotatable bonds is 5. The smallest absolute Gasteiger partial charge is 0.157 e. The standard InChI is InChI=1S/C43H29N3O2/c44-42(46-43(29-11-2-1-3-12-29)45-26-27-18-19-28-10-4-5-13-30(28)24-27)41-32(21-23-39-40(41)34-15-7-9-17-37(34)48-39)31-20-22-38-35(25-31)33-14-6-8-16-36(33)47-38/h1-25H,26H2,(H2,44,45,46). The highest BCUT2D eigenvalue weighted by atomic mass is 16.3. The zero-order valence-electron chi connectivity index (χ0n) is 25.9. The molecule has 9 rings (SSSR count). The van der Waals surface area contributed by atoms with Gasteiger partial charge in [0.25, 0.3) is 0 Å². The van der Waals surface area contributed by atoms with Crippen molar-refractivity contribution in [2.24, 2.45) is 15.7 Å². The van der Waals surface area contributed by atoms with Crippen molar-refractivity contribution in [3.8, 4) is 11.1 Å². The van der Waals surface area contributed by atoms with E-state index in [1.165, 1.54) is 10.8 Å². The van der Waals surface area contributed by atoms with E-state index < -0.39 is 0 Å². The largest absolute Gasteiger partial charge is 0.456 e. The van der Waals surface area contributed by atoms with Crippen molar-refractivity contribution in [2.45, 2.75) is 6.54 Å². The Kier molecular flexibility index (Phi) is 6.61. The summed E-state index contributed by atoms with van der Waals surface area (Å²) in [7, 11) is 0. The molecule has 48 heavy (non-hydrogen) atoms. The van der Waals surface area contributed by atoms with E-state index in [4.69, 9.17) is 24.6 Å². The number of furan rings is 2. The third-order valence-corrected chi connectivity index (χ3v) is 8.97. The molecule has 5 nitrogen and oxygen atoms in total. The number of benzene rings is 7. The predicted octanol–water partition coefficient (Wildman–Crippen LogP) is 10.7. The second-order valence-electron chi connectivity index (χ2n) is 12.0. The van der Waals surface area contributed by atoms with Gasteiger partial charge in [0.05, 0.1) is 6.54 Å². The highest BCUT2D eigenvalue weighted by Gasteiger charge is 2.20. The number of hydrogen-bond acceptors (Lipinski definition) is 3. The Morgan fingerprint density at radius 2 is 1.21 bits per heavy atom. The molecule has 2 aromatic heterocycles. The van der Waals surface area contributed by atoms with Crippen LogP contribution < -0.4 is 5.73 Å². The molecule has 7 aromatic carbocycles. The predicted molar refractivity (Wildman–Crippen MR) is 198 cm³/mol. The van der Waals surface area contributed by atoms with E-state index in [9.17, 15) is 0 Å². The van der Waals surface area contributed by atoms with Gasteiger partial charge in [0.15, 0.2) is 5.84 Å². The average molecular weight is 620 g/mol. The Morgan fingerprint density at radius 3 is 2.06 bits per heavy atom. The van der Waals surface area contributed by atoms with Crippen LogP contribution in [0.1, 0.15) is 16.7 Å². The molecular formula is C43H29N3O2. The zero-order chi connectivity index (χ0) is 32.0. The van der Waals surface area contributed by atoms with Gasteiger partial charge >= 0.3 is 0 Å². The van der Waals surface area contributed by atoms with Crippen LogP contribution in [0.4, 0.5) is 0 Å². The van der Waals surface area contributed by atoms with Crippen molar-refractivity contribution < 1.29 is 8.83 Å². The molecule has 0 aliphatic carbocycles. The number of hydrogen-bond donors (Lipinski definition) is 1. The minimum absolute atomic E-state index is 0.361. The first kappa shape index (κ1) is 27.8. The summed E-state index contributed by atoms with van der Waals surface area (Å²) in [4.78, 5) is 10.2. The molecule has 2 heterocycles. The van der Waals surface area contributed by atoms with Crippen LogP contribution in [-0.4, -0.2) is 11.7 Å². The maximum Gasteiger partial charge on any atom is 0.157 e. The molecular weight excluding hydrogens is 590 g/mol. The van der Waals surface area contributed by atoms with Crippen molar-refractivity contribution in [1.82, 2.24) is 0 Å². The van der Waals surface area contributed by atoms with E-state index >= 15 is 0 Å². The molecule has 0 atom stereocenters. The van der Waals surface area contributed by atoms with E-state index in [0.29, 0.717) is 18.2 Å². The van der Waals surface area contributed by atoms with Gasteiger partial charge in [-0.15, -0.1) is 0 Å². The van der Waals surface area contributed by atoms with Gasteiger partial charge in [-0.1, -0.05) is 109 Å². The normalized spacial score (nSPS) is 12.6. The van der Waals surface area contributed by atoms with Gasteiger partial charge in [-0.2, -0.15) is 0 Å². The Hall–Kier alpha value is -6.46. The lowest BCUT2D eigenvalue weighted by Gasteiger charge is -2.13. The Morgan fingerprint density at radius 1 is 0.542 bits per heavy atom. The topological polar surface area (TPSA) is 77.0 Å². The van der Waals surface area contributed by atoms with Gasteiger partial charge in [0.1, 0.15) is 28.2 Å². The van der Waals surface area contributed by atoms with Crippen molar-refractivity contribution in [3.05, 3.63) is 168 Å². The Labute approximate surface area is 276 Å². The van der Waals surface area contributed by atoms with Crippen LogP contribution in [0.25, 0.3) is 65.8 Å². The molecule has 0 bridgehead atoms. The van der Waals surface area contributed by atoms with Crippen molar-refractivity contribution in [2.75, 3.05) is 0 Å². The molecule has 0 amide bonds. The van der Waals surface area contributed by atoms with Crippen LogP contribution in [-0.2, 0) is 6.54 Å². The van der Waals surface area contributed by atoms with Crippen molar-refractivity contribution >= 4 is 66.3 Å². The molecule has 0 saturated heterocycles. The van der Waals surface area contributed by atoms with Crippen LogP contribution in [0.3, 0.4) is 0 Å². The van der Waals surface area contributed by atoms with Crippen LogP contribution in [0.2, 0.25) is 0 Å². The second-order valence-corrected chi connectivity index (χ2v) is 12.0. The van der Waals surface area contributed by atoms with E-state index in [1.54, 1.807) is 0 Å². The lowest BCUT2D eigenvalue weighted by molar-refractivity contribution is 0.668. The monoisotopic (exact) mass is 619 g/mol. The van der Waals surface area contributed by atoms with Crippen molar-refractivity contribution in [1.29, 1.82) is 0 Å². The molecule has 0 unspecified atom stereocenters. The van der Waals surface area contributed by atoms with E-state index in [-0.39, 0.29) is 0 Å². The van der Waals surface area contributed by atoms with Gasteiger partial charge < -0.3 is 14.6 Å². The SMILES string of the molecule is NC(=NC(=NCc1ccc2ccccc2c1)c1ccccc1)c1c(-c2ccc3oc4ccccc4c3c2)ccc2oc3ccccc3c12. The third-order valence-electron chi connectivity index (χ3n) is 8.97. The molecule has 2 N–H and O–H groups in total. The lowest BCUT2D eigenvalue weighted by atomic mass is 9.93. The van der Waals surface area contributed by atoms with E-state index in [1.807, 2.05) is 78.9 Å². The summed E-state index contributed by atoms with van der Waals surface area (Å²) < 4.78 is 12.5. The number of aliphatic imine (C=N–C) groups is 2. The highest BCUT2D eigenvalue weighted by molar-refractivity contribution is 6.24. The fourth-order valence-corrected chi connectivity index (χ4v) is 6.67. The number of amidine groups is 2. The van der Waals surface area contributed by atoms with Crippen LogP contribution in [0, 0.1) is 0 Å². The fraction of sp³-hybridized carbons (Fsp3) is 0.0233. The summed E-state index contributed by atoms with van der Waals surface area (Å²) in [5.41, 5.74) is 15.1. The molecule has 0 aliphatic rings. The summed E-state index contributed by atoms with van der Waals surface area (Å²) in [5.74, 6) is 0.925. The molecule has 0 fully saturated rings. The maximum atomic E-state index is 7.12. The van der Waals surface area contributed by atoms with Gasteiger partial charge in [0, 0.05) is 32.7 Å². The van der Waals surface area contributed by atoms with Crippen LogP contribution >= 0.6 is 0 Å². The summed E-state index contributed by atoms with van der Waals surface area (Å²) in [5, 5.41) is 6.39. The first-order chi connectivity index (χ1) is 23.7. The first-order valence-corrected chi connectivity index (χ1v) is 16.0. The molecule has 9 aromatic rings. The number of nitrogens with zero attached hydrogens (tertiary/aromatic N) is 2. The first-order valence-electron chi connectivity index (χ1n) is 16.0. The maximum absolute atomic E-state index is 7.12. The summed E-state index contributed by atoms with van der Waals surface area (Å²) >= 11 is 0.